The first-order chi connectivity index (χ1) is 9.14. The molecule has 1 fully saturated rings. The SMILES string of the molecule is Cc1ccc(S(=O)(=O)N2C[C@@H](N)[C@H](O)C(C)(C)C2)cc1. The van der Waals surface area contributed by atoms with E-state index in [4.69, 9.17) is 5.73 Å². The van der Waals surface area contributed by atoms with Crippen molar-refractivity contribution in [3.8, 4) is 0 Å². The Morgan fingerprint density at radius 3 is 2.35 bits per heavy atom. The Hall–Kier alpha value is -0.950. The predicted octanol–water partition coefficient (Wildman–Crippen LogP) is 0.714. The molecule has 0 amide bonds. The normalized spacial score (nSPS) is 27.4. The molecule has 20 heavy (non-hydrogen) atoms. The smallest absolute Gasteiger partial charge is 0.243 e. The Morgan fingerprint density at radius 1 is 1.30 bits per heavy atom. The molecule has 0 unspecified atom stereocenters. The number of hydrogen-bond acceptors (Lipinski definition) is 4. The van der Waals surface area contributed by atoms with Gasteiger partial charge >= 0.3 is 0 Å². The predicted molar refractivity (Wildman–Crippen MR) is 77.7 cm³/mol. The second-order valence-corrected chi connectivity index (χ2v) is 8.15. The van der Waals surface area contributed by atoms with E-state index >= 15 is 0 Å². The maximum Gasteiger partial charge on any atom is 0.243 e. The van der Waals surface area contributed by atoms with E-state index in [0.29, 0.717) is 0 Å². The molecule has 1 heterocycles. The number of nitrogens with zero attached hydrogens (tertiary/aromatic N) is 1. The summed E-state index contributed by atoms with van der Waals surface area (Å²) in [5.74, 6) is 0. The molecule has 0 spiro atoms. The number of aliphatic hydroxyl groups excluding tert-OH is 1. The molecule has 2 rings (SSSR count). The van der Waals surface area contributed by atoms with Gasteiger partial charge in [0.25, 0.3) is 0 Å². The standard InChI is InChI=1S/C14H22N2O3S/c1-10-4-6-11(7-5-10)20(18,19)16-8-12(15)13(17)14(2,3)9-16/h4-7,12-13,17H,8-9,15H2,1-3H3/t12-,13+/m1/s1. The van der Waals surface area contributed by atoms with Crippen LogP contribution >= 0.6 is 0 Å². The molecule has 6 heteroatoms. The maximum absolute atomic E-state index is 12.6. The summed E-state index contributed by atoms with van der Waals surface area (Å²) in [5.41, 5.74) is 6.34. The molecule has 1 aliphatic rings. The third-order valence-electron chi connectivity index (χ3n) is 3.86. The molecule has 1 saturated heterocycles. The fourth-order valence-corrected chi connectivity index (χ4v) is 4.22. The summed E-state index contributed by atoms with van der Waals surface area (Å²) in [6.07, 6.45) is -0.702. The highest BCUT2D eigenvalue weighted by atomic mass is 32.2. The molecule has 2 atom stereocenters. The number of hydrogen-bond donors (Lipinski definition) is 2. The van der Waals surface area contributed by atoms with Crippen LogP contribution in [0.25, 0.3) is 0 Å². The molecular weight excluding hydrogens is 276 g/mol. The van der Waals surface area contributed by atoms with Crippen molar-refractivity contribution in [2.24, 2.45) is 11.1 Å². The van der Waals surface area contributed by atoms with Crippen LogP contribution in [0, 0.1) is 12.3 Å². The zero-order valence-corrected chi connectivity index (χ0v) is 12.9. The van der Waals surface area contributed by atoms with Crippen molar-refractivity contribution >= 4 is 10.0 Å². The number of rotatable bonds is 2. The third kappa shape index (κ3) is 2.74. The lowest BCUT2D eigenvalue weighted by Crippen LogP contribution is -2.61. The van der Waals surface area contributed by atoms with Crippen molar-refractivity contribution in [3.63, 3.8) is 0 Å². The molecule has 3 N–H and O–H groups in total. The molecule has 112 valence electrons. The van der Waals surface area contributed by atoms with Crippen molar-refractivity contribution in [1.82, 2.24) is 4.31 Å². The molecule has 0 saturated carbocycles. The lowest BCUT2D eigenvalue weighted by atomic mass is 9.80. The van der Waals surface area contributed by atoms with Crippen LogP contribution in [-0.2, 0) is 10.0 Å². The zero-order valence-electron chi connectivity index (χ0n) is 12.1. The van der Waals surface area contributed by atoms with Crippen LogP contribution in [0.15, 0.2) is 29.2 Å². The first-order valence-electron chi connectivity index (χ1n) is 6.65. The van der Waals surface area contributed by atoms with Gasteiger partial charge in [-0.3, -0.25) is 0 Å². The Bertz CT molecular complexity index is 581. The van der Waals surface area contributed by atoms with E-state index in [0.717, 1.165) is 5.56 Å². The van der Waals surface area contributed by atoms with Crippen LogP contribution in [0.4, 0.5) is 0 Å². The third-order valence-corrected chi connectivity index (χ3v) is 5.69. The molecule has 0 aliphatic carbocycles. The monoisotopic (exact) mass is 298 g/mol. The second-order valence-electron chi connectivity index (χ2n) is 6.21. The van der Waals surface area contributed by atoms with Crippen molar-refractivity contribution < 1.29 is 13.5 Å². The van der Waals surface area contributed by atoms with Gasteiger partial charge in [0.1, 0.15) is 0 Å². The fourth-order valence-electron chi connectivity index (χ4n) is 2.57. The first kappa shape index (κ1) is 15.4. The number of sulfonamides is 1. The summed E-state index contributed by atoms with van der Waals surface area (Å²) < 4.78 is 26.6. The quantitative estimate of drug-likeness (QED) is 0.842. The summed E-state index contributed by atoms with van der Waals surface area (Å²) in [5, 5.41) is 10.0. The summed E-state index contributed by atoms with van der Waals surface area (Å²) in [4.78, 5) is 0.266. The van der Waals surface area contributed by atoms with Gasteiger partial charge in [0.15, 0.2) is 0 Å². The second kappa shape index (κ2) is 5.11. The number of piperidine rings is 1. The van der Waals surface area contributed by atoms with Crippen molar-refractivity contribution in [2.75, 3.05) is 13.1 Å². The van der Waals surface area contributed by atoms with Crippen molar-refractivity contribution in [3.05, 3.63) is 29.8 Å². The number of nitrogens with two attached hydrogens (primary N) is 1. The average molecular weight is 298 g/mol. The summed E-state index contributed by atoms with van der Waals surface area (Å²) >= 11 is 0. The average Bonchev–Trinajstić information content (AvgIpc) is 2.35. The highest BCUT2D eigenvalue weighted by molar-refractivity contribution is 7.89. The number of aliphatic hydroxyl groups is 1. The molecule has 5 nitrogen and oxygen atoms in total. The Morgan fingerprint density at radius 2 is 1.85 bits per heavy atom. The van der Waals surface area contributed by atoms with E-state index in [1.54, 1.807) is 24.3 Å². The van der Waals surface area contributed by atoms with Crippen LogP contribution in [-0.4, -0.2) is 43.1 Å². The Labute approximate surface area is 120 Å². The van der Waals surface area contributed by atoms with E-state index in [1.807, 2.05) is 20.8 Å². The maximum atomic E-state index is 12.6. The first-order valence-corrected chi connectivity index (χ1v) is 8.09. The lowest BCUT2D eigenvalue weighted by Gasteiger charge is -2.44. The molecule has 1 aromatic carbocycles. The van der Waals surface area contributed by atoms with Crippen molar-refractivity contribution in [1.29, 1.82) is 0 Å². The molecule has 1 aliphatic heterocycles. The fraction of sp³-hybridized carbons (Fsp3) is 0.571. The lowest BCUT2D eigenvalue weighted by molar-refractivity contribution is -0.0157. The van der Waals surface area contributed by atoms with Crippen LogP contribution < -0.4 is 5.73 Å². The van der Waals surface area contributed by atoms with Crippen LogP contribution in [0.3, 0.4) is 0 Å². The summed E-state index contributed by atoms with van der Waals surface area (Å²) in [6.45, 7) is 5.97. The van der Waals surface area contributed by atoms with Gasteiger partial charge in [0.2, 0.25) is 10.0 Å². The minimum Gasteiger partial charge on any atom is -0.391 e. The van der Waals surface area contributed by atoms with Crippen LogP contribution in [0.2, 0.25) is 0 Å². The van der Waals surface area contributed by atoms with Gasteiger partial charge in [-0.25, -0.2) is 8.42 Å². The molecule has 0 bridgehead atoms. The molecular formula is C14H22N2O3S. The van der Waals surface area contributed by atoms with E-state index in [1.165, 1.54) is 4.31 Å². The van der Waals surface area contributed by atoms with Gasteiger partial charge in [-0.1, -0.05) is 31.5 Å². The number of benzene rings is 1. The van der Waals surface area contributed by atoms with Gasteiger partial charge in [0.05, 0.1) is 11.0 Å². The highest BCUT2D eigenvalue weighted by Gasteiger charge is 2.43. The molecule has 0 aromatic heterocycles. The summed E-state index contributed by atoms with van der Waals surface area (Å²) in [7, 11) is -3.56. The largest absolute Gasteiger partial charge is 0.391 e. The van der Waals surface area contributed by atoms with Crippen LogP contribution in [0.5, 0.6) is 0 Å². The number of aryl methyl sites for hydroxylation is 1. The van der Waals surface area contributed by atoms with Gasteiger partial charge in [-0.05, 0) is 19.1 Å². The van der Waals surface area contributed by atoms with E-state index in [-0.39, 0.29) is 18.0 Å². The van der Waals surface area contributed by atoms with E-state index in [9.17, 15) is 13.5 Å². The Kier molecular flexibility index (Phi) is 3.94. The van der Waals surface area contributed by atoms with Gasteiger partial charge in [-0.15, -0.1) is 0 Å². The van der Waals surface area contributed by atoms with E-state index < -0.39 is 27.6 Å². The van der Waals surface area contributed by atoms with Gasteiger partial charge in [-0.2, -0.15) is 4.31 Å². The minimum absolute atomic E-state index is 0.140. The van der Waals surface area contributed by atoms with Crippen molar-refractivity contribution in [2.45, 2.75) is 37.8 Å². The van der Waals surface area contributed by atoms with Crippen LogP contribution in [0.1, 0.15) is 19.4 Å². The molecule has 1 aromatic rings. The molecule has 0 radical (unpaired) electrons. The highest BCUT2D eigenvalue weighted by Crippen LogP contribution is 2.31. The van der Waals surface area contributed by atoms with Gasteiger partial charge in [0, 0.05) is 24.5 Å². The van der Waals surface area contributed by atoms with Gasteiger partial charge < -0.3 is 10.8 Å². The minimum atomic E-state index is -3.56. The topological polar surface area (TPSA) is 83.6 Å². The summed E-state index contributed by atoms with van der Waals surface area (Å²) in [6, 6.07) is 6.19. The zero-order chi connectivity index (χ0) is 15.1. The Balaban J connectivity index is 2.33. The van der Waals surface area contributed by atoms with E-state index in [2.05, 4.69) is 0 Å².